The molecule has 0 saturated heterocycles. The first kappa shape index (κ1) is 11.8. The van der Waals surface area contributed by atoms with E-state index < -0.39 is 0 Å². The summed E-state index contributed by atoms with van der Waals surface area (Å²) in [6, 6.07) is 1.97. The first-order valence-corrected chi connectivity index (χ1v) is 7.06. The Labute approximate surface area is 116 Å². The van der Waals surface area contributed by atoms with E-state index in [2.05, 4.69) is 6.92 Å². The summed E-state index contributed by atoms with van der Waals surface area (Å²) < 4.78 is 11.5. The first-order valence-electron chi connectivity index (χ1n) is 7.06. The summed E-state index contributed by atoms with van der Waals surface area (Å²) in [5, 5.41) is 2.17. The minimum atomic E-state index is -0.177. The lowest BCUT2D eigenvalue weighted by Crippen LogP contribution is -2.07. The largest absolute Gasteiger partial charge is 0.460 e. The van der Waals surface area contributed by atoms with Gasteiger partial charge in [0, 0.05) is 10.9 Å². The van der Waals surface area contributed by atoms with Crippen LogP contribution in [0.4, 0.5) is 0 Å². The summed E-state index contributed by atoms with van der Waals surface area (Å²) in [4.78, 5) is 12.0. The molecule has 0 bridgehead atoms. The third-order valence-electron chi connectivity index (χ3n) is 4.57. The summed E-state index contributed by atoms with van der Waals surface area (Å²) in [7, 11) is 0. The lowest BCUT2D eigenvalue weighted by Gasteiger charge is -2.06. The van der Waals surface area contributed by atoms with Gasteiger partial charge in [0.2, 0.25) is 0 Å². The van der Waals surface area contributed by atoms with Crippen molar-refractivity contribution in [3.05, 3.63) is 44.5 Å². The van der Waals surface area contributed by atoms with Gasteiger partial charge >= 0.3 is 5.63 Å². The molecule has 102 valence electrons. The topological polar surface area (TPSA) is 43.4 Å². The summed E-state index contributed by atoms with van der Waals surface area (Å²) in [6.07, 6.45) is 2.78. The monoisotopic (exact) mass is 268 g/mol. The highest BCUT2D eigenvalue weighted by Gasteiger charge is 2.24. The Balaban J connectivity index is 2.33. The van der Waals surface area contributed by atoms with Crippen molar-refractivity contribution in [1.29, 1.82) is 0 Å². The van der Waals surface area contributed by atoms with Crippen LogP contribution in [0.5, 0.6) is 0 Å². The van der Waals surface area contributed by atoms with Gasteiger partial charge in [0.15, 0.2) is 0 Å². The molecular formula is C17H16O3. The Morgan fingerprint density at radius 3 is 2.55 bits per heavy atom. The van der Waals surface area contributed by atoms with Crippen LogP contribution in [0.1, 0.15) is 34.4 Å². The van der Waals surface area contributed by atoms with Crippen LogP contribution in [0.2, 0.25) is 0 Å². The van der Waals surface area contributed by atoms with Crippen LogP contribution >= 0.6 is 0 Å². The molecule has 0 saturated carbocycles. The molecule has 2 heterocycles. The Kier molecular flexibility index (Phi) is 2.21. The van der Waals surface area contributed by atoms with Gasteiger partial charge in [0.25, 0.3) is 0 Å². The zero-order chi connectivity index (χ0) is 14.0. The van der Waals surface area contributed by atoms with E-state index in [0.717, 1.165) is 58.1 Å². The highest BCUT2D eigenvalue weighted by molar-refractivity contribution is 6.07. The first-order chi connectivity index (χ1) is 9.58. The summed E-state index contributed by atoms with van der Waals surface area (Å²) in [5.74, 6) is 0.938. The molecule has 0 amide bonds. The van der Waals surface area contributed by atoms with Crippen LogP contribution in [0, 0.1) is 20.8 Å². The van der Waals surface area contributed by atoms with Gasteiger partial charge in [-0.15, -0.1) is 0 Å². The molecule has 20 heavy (non-hydrogen) atoms. The zero-order valence-corrected chi connectivity index (χ0v) is 11.9. The molecule has 0 fully saturated rings. The number of furan rings is 1. The summed E-state index contributed by atoms with van der Waals surface area (Å²) in [5.41, 5.74) is 5.62. The van der Waals surface area contributed by atoms with E-state index in [0.29, 0.717) is 5.58 Å². The number of benzene rings is 1. The molecule has 3 heteroatoms. The summed E-state index contributed by atoms with van der Waals surface area (Å²) >= 11 is 0. The van der Waals surface area contributed by atoms with Gasteiger partial charge in [-0.25, -0.2) is 4.79 Å². The average Bonchev–Trinajstić information content (AvgIpc) is 2.97. The van der Waals surface area contributed by atoms with Gasteiger partial charge in [-0.2, -0.15) is 0 Å². The SMILES string of the molecule is Cc1oc2c(c(C)cc3oc(=O)c4c(c32)CCC4)c1C. The second kappa shape index (κ2) is 3.75. The maximum atomic E-state index is 12.0. The predicted octanol–water partition coefficient (Wildman–Crippen LogP) is 3.95. The molecular weight excluding hydrogens is 252 g/mol. The molecule has 0 aliphatic heterocycles. The zero-order valence-electron chi connectivity index (χ0n) is 11.9. The number of hydrogen-bond donors (Lipinski definition) is 0. The van der Waals surface area contributed by atoms with E-state index >= 15 is 0 Å². The van der Waals surface area contributed by atoms with Crippen LogP contribution in [0.3, 0.4) is 0 Å². The van der Waals surface area contributed by atoms with E-state index in [1.807, 2.05) is 19.9 Å². The highest BCUT2D eigenvalue weighted by Crippen LogP contribution is 2.38. The van der Waals surface area contributed by atoms with Gasteiger partial charge in [0.1, 0.15) is 16.9 Å². The van der Waals surface area contributed by atoms with Gasteiger partial charge in [-0.05, 0) is 62.8 Å². The van der Waals surface area contributed by atoms with Crippen LogP contribution in [0.25, 0.3) is 21.9 Å². The van der Waals surface area contributed by atoms with Gasteiger partial charge in [-0.1, -0.05) is 0 Å². The molecule has 0 unspecified atom stereocenters. The van der Waals surface area contributed by atoms with Crippen LogP contribution < -0.4 is 5.63 Å². The number of rotatable bonds is 0. The Hall–Kier alpha value is -2.03. The van der Waals surface area contributed by atoms with E-state index in [-0.39, 0.29) is 5.63 Å². The Morgan fingerprint density at radius 2 is 1.75 bits per heavy atom. The van der Waals surface area contributed by atoms with Crippen molar-refractivity contribution in [2.45, 2.75) is 40.0 Å². The fourth-order valence-electron chi connectivity index (χ4n) is 3.50. The van der Waals surface area contributed by atoms with Crippen molar-refractivity contribution >= 4 is 21.9 Å². The second-order valence-corrected chi connectivity index (χ2v) is 5.75. The van der Waals surface area contributed by atoms with E-state index in [4.69, 9.17) is 8.83 Å². The second-order valence-electron chi connectivity index (χ2n) is 5.75. The lowest BCUT2D eigenvalue weighted by molar-refractivity contribution is 0.549. The maximum absolute atomic E-state index is 12.0. The smallest absolute Gasteiger partial charge is 0.339 e. The van der Waals surface area contributed by atoms with Crippen molar-refractivity contribution in [3.8, 4) is 0 Å². The number of fused-ring (bicyclic) bond motifs is 5. The van der Waals surface area contributed by atoms with E-state index in [1.165, 1.54) is 5.56 Å². The molecule has 1 aromatic carbocycles. The van der Waals surface area contributed by atoms with Crippen molar-refractivity contribution in [2.75, 3.05) is 0 Å². The molecule has 2 aromatic heterocycles. The Bertz CT molecular complexity index is 925. The molecule has 3 aromatic rings. The standard InChI is InChI=1S/C17H16O3/c1-8-7-13-15(16-14(8)9(2)10(3)19-16)11-5-4-6-12(11)17(18)20-13/h7H,4-6H2,1-3H3. The van der Waals surface area contributed by atoms with Gasteiger partial charge in [0.05, 0.1) is 5.39 Å². The minimum absolute atomic E-state index is 0.177. The maximum Gasteiger partial charge on any atom is 0.339 e. The molecule has 0 N–H and O–H groups in total. The molecule has 4 rings (SSSR count). The quantitative estimate of drug-likeness (QED) is 0.580. The van der Waals surface area contributed by atoms with Crippen molar-refractivity contribution < 1.29 is 8.83 Å². The van der Waals surface area contributed by atoms with Gasteiger partial charge in [-0.3, -0.25) is 0 Å². The molecule has 1 aliphatic carbocycles. The van der Waals surface area contributed by atoms with Crippen molar-refractivity contribution in [2.24, 2.45) is 0 Å². The fraction of sp³-hybridized carbons (Fsp3) is 0.353. The molecule has 0 spiro atoms. The molecule has 1 aliphatic rings. The van der Waals surface area contributed by atoms with Gasteiger partial charge < -0.3 is 8.83 Å². The average molecular weight is 268 g/mol. The predicted molar refractivity (Wildman–Crippen MR) is 78.5 cm³/mol. The van der Waals surface area contributed by atoms with E-state index in [1.54, 1.807) is 0 Å². The third-order valence-corrected chi connectivity index (χ3v) is 4.57. The molecule has 0 radical (unpaired) electrons. The van der Waals surface area contributed by atoms with Crippen LogP contribution in [-0.2, 0) is 12.8 Å². The highest BCUT2D eigenvalue weighted by atomic mass is 16.4. The molecule has 0 atom stereocenters. The minimum Gasteiger partial charge on any atom is -0.460 e. The van der Waals surface area contributed by atoms with Crippen molar-refractivity contribution in [1.82, 2.24) is 0 Å². The molecule has 3 nitrogen and oxygen atoms in total. The normalized spacial score (nSPS) is 14.3. The van der Waals surface area contributed by atoms with Crippen LogP contribution in [-0.4, -0.2) is 0 Å². The van der Waals surface area contributed by atoms with Crippen molar-refractivity contribution in [3.63, 3.8) is 0 Å². The fourth-order valence-corrected chi connectivity index (χ4v) is 3.50. The third kappa shape index (κ3) is 1.33. The van der Waals surface area contributed by atoms with Crippen LogP contribution in [0.15, 0.2) is 19.7 Å². The number of aryl methyl sites for hydroxylation is 4. The number of hydrogen-bond acceptors (Lipinski definition) is 3. The summed E-state index contributed by atoms with van der Waals surface area (Å²) in [6.45, 7) is 6.11. The lowest BCUT2D eigenvalue weighted by atomic mass is 10.00. The Morgan fingerprint density at radius 1 is 1.00 bits per heavy atom. The van der Waals surface area contributed by atoms with E-state index in [9.17, 15) is 4.79 Å².